The molecule has 0 amide bonds. The highest BCUT2D eigenvalue weighted by Crippen LogP contribution is 1.86. The molecule has 0 aliphatic rings. The van der Waals surface area contributed by atoms with Gasteiger partial charge in [-0.1, -0.05) is 0 Å². The minimum Gasteiger partial charge on any atom is -0.338 e. The summed E-state index contributed by atoms with van der Waals surface area (Å²) in [5.41, 5.74) is 0. The van der Waals surface area contributed by atoms with Crippen LogP contribution >= 0.6 is 0 Å². The molecule has 2 heteroatoms. The maximum Gasteiger partial charge on any atom is 0.108 e. The fourth-order valence-corrected chi connectivity index (χ4v) is 0.381. The van der Waals surface area contributed by atoms with Gasteiger partial charge in [0.15, 0.2) is 0 Å². The Bertz CT molecular complexity index is 138. The van der Waals surface area contributed by atoms with E-state index in [9.17, 15) is 0 Å². The highest BCUT2D eigenvalue weighted by Gasteiger charge is 1.84. The van der Waals surface area contributed by atoms with Crippen molar-refractivity contribution in [3.63, 3.8) is 0 Å². The van der Waals surface area contributed by atoms with E-state index in [0.717, 1.165) is 5.82 Å². The molecule has 0 bridgehead atoms. The number of nitrogens with zero attached hydrogens (tertiary/aromatic N) is 2. The van der Waals surface area contributed by atoms with Crippen molar-refractivity contribution in [2.45, 2.75) is 6.92 Å². The highest BCUT2D eigenvalue weighted by molar-refractivity contribution is 4.84. The summed E-state index contributed by atoms with van der Waals surface area (Å²) in [6, 6.07) is 0. The molecule has 2 nitrogen and oxygen atoms in total. The molecule has 0 N–H and O–H groups in total. The van der Waals surface area contributed by atoms with Crippen LogP contribution in [0, 0.1) is 13.1 Å². The zero-order valence-electron chi connectivity index (χ0n) is 4.47. The van der Waals surface area contributed by atoms with Gasteiger partial charge in [-0.05, 0) is 6.92 Å². The van der Waals surface area contributed by atoms with E-state index in [1.807, 2.05) is 18.5 Å². The molecule has 1 rings (SSSR count). The van der Waals surface area contributed by atoms with Crippen LogP contribution in [0.5, 0.6) is 0 Å². The second-order valence-electron chi connectivity index (χ2n) is 1.53. The summed E-state index contributed by atoms with van der Waals surface area (Å²) in [7, 11) is 1.94. The van der Waals surface area contributed by atoms with Crippen LogP contribution in [0.25, 0.3) is 0 Å². The van der Waals surface area contributed by atoms with Gasteiger partial charge >= 0.3 is 0 Å². The largest absolute Gasteiger partial charge is 0.338 e. The van der Waals surface area contributed by atoms with Crippen molar-refractivity contribution in [1.82, 2.24) is 9.55 Å². The van der Waals surface area contributed by atoms with Crippen LogP contribution in [0.4, 0.5) is 0 Å². The molecule has 1 aromatic rings. The average molecular weight is 95.1 g/mol. The molecule has 37 valence electrons. The third-order valence-electron chi connectivity index (χ3n) is 0.988. The number of aromatic nitrogens is 2. The lowest BCUT2D eigenvalue weighted by Crippen LogP contribution is -1.86. The maximum atomic E-state index is 3.85. The summed E-state index contributed by atoms with van der Waals surface area (Å²) in [6.07, 6.45) is 4.51. The molecule has 0 unspecified atom stereocenters. The van der Waals surface area contributed by atoms with Crippen molar-refractivity contribution in [2.75, 3.05) is 0 Å². The standard InChI is InChI=1S/C5H7N2/c1-5-6-3-4-7(5)2/h4H,1-2H3. The third-order valence-corrected chi connectivity index (χ3v) is 0.988. The lowest BCUT2D eigenvalue weighted by Gasteiger charge is -1.87. The van der Waals surface area contributed by atoms with Crippen LogP contribution in [0.1, 0.15) is 5.82 Å². The summed E-state index contributed by atoms with van der Waals surface area (Å²) < 4.78 is 1.92. The summed E-state index contributed by atoms with van der Waals surface area (Å²) >= 11 is 0. The SMILES string of the molecule is Cc1n[c]cn1C. The number of rotatable bonds is 0. The first-order valence-corrected chi connectivity index (χ1v) is 2.16. The van der Waals surface area contributed by atoms with Gasteiger partial charge in [-0.25, -0.2) is 4.98 Å². The van der Waals surface area contributed by atoms with Gasteiger partial charge in [0.1, 0.15) is 12.0 Å². The van der Waals surface area contributed by atoms with E-state index in [1.54, 1.807) is 6.20 Å². The minimum absolute atomic E-state index is 1.00. The molecular weight excluding hydrogens is 88.1 g/mol. The zero-order chi connectivity index (χ0) is 5.28. The molecular formula is C5H7N2. The fourth-order valence-electron chi connectivity index (χ4n) is 0.381. The van der Waals surface area contributed by atoms with Crippen molar-refractivity contribution in [3.8, 4) is 0 Å². The zero-order valence-corrected chi connectivity index (χ0v) is 4.47. The Morgan fingerprint density at radius 3 is 2.71 bits per heavy atom. The molecule has 0 aliphatic carbocycles. The predicted octanol–water partition coefficient (Wildman–Crippen LogP) is 0.529. The monoisotopic (exact) mass is 95.1 g/mol. The van der Waals surface area contributed by atoms with Crippen molar-refractivity contribution < 1.29 is 0 Å². The van der Waals surface area contributed by atoms with E-state index >= 15 is 0 Å². The van der Waals surface area contributed by atoms with E-state index in [4.69, 9.17) is 0 Å². The third kappa shape index (κ3) is 0.633. The number of imidazole rings is 1. The second-order valence-corrected chi connectivity index (χ2v) is 1.53. The van der Waals surface area contributed by atoms with Crippen molar-refractivity contribution in [3.05, 3.63) is 18.2 Å². The van der Waals surface area contributed by atoms with Gasteiger partial charge in [0.25, 0.3) is 0 Å². The predicted molar refractivity (Wildman–Crippen MR) is 26.8 cm³/mol. The van der Waals surface area contributed by atoms with E-state index in [2.05, 4.69) is 11.2 Å². The molecule has 0 saturated carbocycles. The van der Waals surface area contributed by atoms with Crippen LogP contribution in [0.2, 0.25) is 0 Å². The second kappa shape index (κ2) is 1.37. The van der Waals surface area contributed by atoms with Gasteiger partial charge in [-0.2, -0.15) is 0 Å². The molecule has 1 radical (unpaired) electrons. The molecule has 0 fully saturated rings. The molecule has 1 heterocycles. The molecule has 7 heavy (non-hydrogen) atoms. The highest BCUT2D eigenvalue weighted by atomic mass is 15.0. The maximum absolute atomic E-state index is 3.85. The van der Waals surface area contributed by atoms with Crippen LogP contribution in [0.15, 0.2) is 6.20 Å². The van der Waals surface area contributed by atoms with E-state index in [1.165, 1.54) is 0 Å². The normalized spacial score (nSPS) is 9.43. The summed E-state index contributed by atoms with van der Waals surface area (Å²) in [4.78, 5) is 3.85. The van der Waals surface area contributed by atoms with Crippen molar-refractivity contribution in [1.29, 1.82) is 0 Å². The molecule has 0 atom stereocenters. The Labute approximate surface area is 42.8 Å². The van der Waals surface area contributed by atoms with Crippen LogP contribution in [-0.2, 0) is 7.05 Å². The molecule has 0 aromatic carbocycles. The Morgan fingerprint density at radius 2 is 2.57 bits per heavy atom. The first-order valence-electron chi connectivity index (χ1n) is 2.16. The molecule has 0 spiro atoms. The summed E-state index contributed by atoms with van der Waals surface area (Å²) in [5.74, 6) is 1.00. The summed E-state index contributed by atoms with van der Waals surface area (Å²) in [5, 5.41) is 0. The summed E-state index contributed by atoms with van der Waals surface area (Å²) in [6.45, 7) is 1.94. The Morgan fingerprint density at radius 1 is 1.86 bits per heavy atom. The van der Waals surface area contributed by atoms with Gasteiger partial charge in [0.05, 0.1) is 0 Å². The van der Waals surface area contributed by atoms with Crippen LogP contribution in [-0.4, -0.2) is 9.55 Å². The van der Waals surface area contributed by atoms with Gasteiger partial charge in [-0.3, -0.25) is 0 Å². The van der Waals surface area contributed by atoms with Crippen LogP contribution in [0.3, 0.4) is 0 Å². The number of aryl methyl sites for hydroxylation is 2. The van der Waals surface area contributed by atoms with Crippen molar-refractivity contribution in [2.24, 2.45) is 7.05 Å². The van der Waals surface area contributed by atoms with Gasteiger partial charge in [0.2, 0.25) is 0 Å². The molecule has 0 saturated heterocycles. The first kappa shape index (κ1) is 4.37. The smallest absolute Gasteiger partial charge is 0.108 e. The van der Waals surface area contributed by atoms with E-state index in [0.29, 0.717) is 0 Å². The Hall–Kier alpha value is -0.790. The Balaban J connectivity index is 3.12. The topological polar surface area (TPSA) is 17.8 Å². The lowest BCUT2D eigenvalue weighted by molar-refractivity contribution is 0.858. The minimum atomic E-state index is 1.00. The van der Waals surface area contributed by atoms with Gasteiger partial charge in [0, 0.05) is 13.2 Å². The molecule has 0 aliphatic heterocycles. The van der Waals surface area contributed by atoms with Crippen LogP contribution < -0.4 is 0 Å². The fraction of sp³-hybridized carbons (Fsp3) is 0.400. The van der Waals surface area contributed by atoms with E-state index in [-0.39, 0.29) is 0 Å². The van der Waals surface area contributed by atoms with E-state index < -0.39 is 0 Å². The number of hydrogen-bond donors (Lipinski definition) is 0. The average Bonchev–Trinajstić information content (AvgIpc) is 1.91. The van der Waals surface area contributed by atoms with Gasteiger partial charge < -0.3 is 4.57 Å². The Kier molecular flexibility index (Phi) is 0.855. The first-order chi connectivity index (χ1) is 3.30. The quantitative estimate of drug-likeness (QED) is 0.459. The molecule has 1 aromatic heterocycles. The van der Waals surface area contributed by atoms with Gasteiger partial charge in [-0.15, -0.1) is 0 Å². The lowest BCUT2D eigenvalue weighted by atomic mass is 10.7. The van der Waals surface area contributed by atoms with Crippen molar-refractivity contribution >= 4 is 0 Å². The number of hydrogen-bond acceptors (Lipinski definition) is 1.